The van der Waals surface area contributed by atoms with Crippen LogP contribution in [0.3, 0.4) is 0 Å². The molecule has 3 atom stereocenters. The average Bonchev–Trinajstić information content (AvgIpc) is 2.24. The lowest BCUT2D eigenvalue weighted by atomic mass is 9.87. The van der Waals surface area contributed by atoms with Gasteiger partial charge in [-0.1, -0.05) is 6.92 Å². The predicted molar refractivity (Wildman–Crippen MR) is 64.1 cm³/mol. The van der Waals surface area contributed by atoms with Crippen molar-refractivity contribution in [2.45, 2.75) is 45.1 Å². The maximum absolute atomic E-state index is 11.0. The Bertz CT molecular complexity index is 265. The van der Waals surface area contributed by atoms with E-state index in [4.69, 9.17) is 15.3 Å². The Morgan fingerprint density at radius 3 is 2.22 bits per heavy atom. The molecular weight excluding hydrogens is 240 g/mol. The zero-order valence-corrected chi connectivity index (χ0v) is 10.6. The van der Waals surface area contributed by atoms with Gasteiger partial charge in [0.2, 0.25) is 0 Å². The van der Waals surface area contributed by atoms with Gasteiger partial charge >= 0.3 is 11.9 Å². The molecule has 18 heavy (non-hydrogen) atoms. The minimum Gasteiger partial charge on any atom is -0.481 e. The van der Waals surface area contributed by atoms with E-state index in [0.717, 1.165) is 0 Å². The van der Waals surface area contributed by atoms with Gasteiger partial charge < -0.3 is 20.4 Å². The SMILES string of the molecule is CC(CC(=O)O)CC(C(=O)O)C(O)CCCCO. The molecule has 0 aliphatic carbocycles. The molecule has 6 nitrogen and oxygen atoms in total. The van der Waals surface area contributed by atoms with Crippen LogP contribution in [-0.4, -0.2) is 45.1 Å². The molecule has 0 rings (SSSR count). The average molecular weight is 262 g/mol. The van der Waals surface area contributed by atoms with E-state index in [1.807, 2.05) is 0 Å². The highest BCUT2D eigenvalue weighted by atomic mass is 16.4. The van der Waals surface area contributed by atoms with Crippen LogP contribution in [0.2, 0.25) is 0 Å². The summed E-state index contributed by atoms with van der Waals surface area (Å²) >= 11 is 0. The van der Waals surface area contributed by atoms with Crippen molar-refractivity contribution in [2.24, 2.45) is 11.8 Å². The number of carboxylic acids is 2. The Labute approximate surface area is 106 Å². The lowest BCUT2D eigenvalue weighted by Crippen LogP contribution is -2.30. The Morgan fingerprint density at radius 2 is 1.78 bits per heavy atom. The number of carboxylic acid groups (broad SMARTS) is 2. The quantitative estimate of drug-likeness (QED) is 0.431. The summed E-state index contributed by atoms with van der Waals surface area (Å²) in [6.45, 7) is 1.67. The van der Waals surface area contributed by atoms with Crippen molar-refractivity contribution < 1.29 is 30.0 Å². The molecule has 0 amide bonds. The Hall–Kier alpha value is -1.14. The molecule has 0 aliphatic rings. The number of hydrogen-bond acceptors (Lipinski definition) is 4. The fourth-order valence-electron chi connectivity index (χ4n) is 1.90. The second kappa shape index (κ2) is 8.88. The first kappa shape index (κ1) is 16.9. The van der Waals surface area contributed by atoms with E-state index in [0.29, 0.717) is 19.3 Å². The second-order valence-electron chi connectivity index (χ2n) is 4.67. The largest absolute Gasteiger partial charge is 0.481 e. The summed E-state index contributed by atoms with van der Waals surface area (Å²) in [7, 11) is 0. The summed E-state index contributed by atoms with van der Waals surface area (Å²) in [5.74, 6) is -3.32. The molecular formula is C12H22O6. The molecule has 0 aliphatic heterocycles. The van der Waals surface area contributed by atoms with E-state index in [1.54, 1.807) is 6.92 Å². The second-order valence-corrected chi connectivity index (χ2v) is 4.67. The molecule has 0 saturated heterocycles. The normalized spacial score (nSPS) is 15.9. The van der Waals surface area contributed by atoms with E-state index in [2.05, 4.69) is 0 Å². The van der Waals surface area contributed by atoms with Crippen LogP contribution in [0.25, 0.3) is 0 Å². The Balaban J connectivity index is 4.28. The Morgan fingerprint density at radius 1 is 1.17 bits per heavy atom. The topological polar surface area (TPSA) is 115 Å². The summed E-state index contributed by atoms with van der Waals surface area (Å²) in [6.07, 6.45) is 0.417. The number of carbonyl (C=O) groups is 2. The maximum atomic E-state index is 11.0. The third-order valence-corrected chi connectivity index (χ3v) is 2.87. The standard InChI is InChI=1S/C12H22O6/c1-8(7-11(15)16)6-9(12(17)18)10(14)4-2-3-5-13/h8-10,13-14H,2-7H2,1H3,(H,15,16)(H,17,18). The summed E-state index contributed by atoms with van der Waals surface area (Å²) in [4.78, 5) is 21.5. The summed E-state index contributed by atoms with van der Waals surface area (Å²) < 4.78 is 0. The first-order valence-electron chi connectivity index (χ1n) is 6.12. The van der Waals surface area contributed by atoms with Crippen molar-refractivity contribution in [1.82, 2.24) is 0 Å². The number of unbranched alkanes of at least 4 members (excludes halogenated alkanes) is 1. The van der Waals surface area contributed by atoms with Crippen LogP contribution in [-0.2, 0) is 9.59 Å². The van der Waals surface area contributed by atoms with Gasteiger partial charge in [0.15, 0.2) is 0 Å². The molecule has 0 radical (unpaired) electrons. The van der Waals surface area contributed by atoms with E-state index in [9.17, 15) is 14.7 Å². The molecule has 0 fully saturated rings. The van der Waals surface area contributed by atoms with Crippen molar-refractivity contribution in [3.8, 4) is 0 Å². The number of aliphatic carboxylic acids is 2. The smallest absolute Gasteiger partial charge is 0.309 e. The zero-order chi connectivity index (χ0) is 14.1. The predicted octanol–water partition coefficient (Wildman–Crippen LogP) is 0.712. The minimum atomic E-state index is -1.11. The molecule has 4 N–H and O–H groups in total. The molecule has 0 aromatic rings. The highest BCUT2D eigenvalue weighted by Crippen LogP contribution is 2.22. The van der Waals surface area contributed by atoms with E-state index < -0.39 is 24.0 Å². The summed E-state index contributed by atoms with van der Waals surface area (Å²) in [5, 5.41) is 36.0. The van der Waals surface area contributed by atoms with Crippen molar-refractivity contribution in [1.29, 1.82) is 0 Å². The highest BCUT2D eigenvalue weighted by molar-refractivity contribution is 5.71. The van der Waals surface area contributed by atoms with Crippen LogP contribution in [0.15, 0.2) is 0 Å². The van der Waals surface area contributed by atoms with Gasteiger partial charge in [-0.3, -0.25) is 9.59 Å². The molecule has 0 saturated carbocycles. The van der Waals surface area contributed by atoms with Crippen molar-refractivity contribution in [3.63, 3.8) is 0 Å². The van der Waals surface area contributed by atoms with E-state index in [1.165, 1.54) is 0 Å². The summed E-state index contributed by atoms with van der Waals surface area (Å²) in [5.41, 5.74) is 0. The minimum absolute atomic E-state index is 0.0138. The maximum Gasteiger partial charge on any atom is 0.309 e. The van der Waals surface area contributed by atoms with Crippen LogP contribution < -0.4 is 0 Å². The Kier molecular flexibility index (Phi) is 8.32. The molecule has 0 aromatic heterocycles. The fourth-order valence-corrected chi connectivity index (χ4v) is 1.90. The van der Waals surface area contributed by atoms with Crippen molar-refractivity contribution in [3.05, 3.63) is 0 Å². The highest BCUT2D eigenvalue weighted by Gasteiger charge is 2.28. The van der Waals surface area contributed by atoms with Crippen molar-refractivity contribution >= 4 is 11.9 Å². The lowest BCUT2D eigenvalue weighted by molar-refractivity contribution is -0.148. The molecule has 6 heteroatoms. The van der Waals surface area contributed by atoms with E-state index in [-0.39, 0.29) is 25.4 Å². The van der Waals surface area contributed by atoms with Gasteiger partial charge in [-0.2, -0.15) is 0 Å². The number of aliphatic hydroxyl groups is 2. The number of aliphatic hydroxyl groups excluding tert-OH is 2. The van der Waals surface area contributed by atoms with Crippen molar-refractivity contribution in [2.75, 3.05) is 6.61 Å². The number of hydrogen-bond donors (Lipinski definition) is 4. The molecule has 106 valence electrons. The van der Waals surface area contributed by atoms with Crippen LogP contribution >= 0.6 is 0 Å². The van der Waals surface area contributed by atoms with Gasteiger partial charge in [0, 0.05) is 13.0 Å². The van der Waals surface area contributed by atoms with Crippen LogP contribution in [0.1, 0.15) is 39.0 Å². The third-order valence-electron chi connectivity index (χ3n) is 2.87. The van der Waals surface area contributed by atoms with Gasteiger partial charge in [0.1, 0.15) is 0 Å². The molecule has 0 spiro atoms. The van der Waals surface area contributed by atoms with Crippen LogP contribution in [0.5, 0.6) is 0 Å². The van der Waals surface area contributed by atoms with Crippen LogP contribution in [0.4, 0.5) is 0 Å². The fraction of sp³-hybridized carbons (Fsp3) is 0.833. The molecule has 0 heterocycles. The van der Waals surface area contributed by atoms with Gasteiger partial charge in [0.25, 0.3) is 0 Å². The first-order chi connectivity index (χ1) is 8.38. The van der Waals surface area contributed by atoms with Crippen LogP contribution in [0, 0.1) is 11.8 Å². The molecule has 0 bridgehead atoms. The lowest BCUT2D eigenvalue weighted by Gasteiger charge is -2.21. The third kappa shape index (κ3) is 7.24. The molecule has 0 aromatic carbocycles. The molecule has 3 unspecified atom stereocenters. The number of rotatable bonds is 10. The monoisotopic (exact) mass is 262 g/mol. The van der Waals surface area contributed by atoms with Gasteiger partial charge in [-0.25, -0.2) is 0 Å². The zero-order valence-electron chi connectivity index (χ0n) is 10.6. The first-order valence-corrected chi connectivity index (χ1v) is 6.12. The van der Waals surface area contributed by atoms with Gasteiger partial charge in [0.05, 0.1) is 12.0 Å². The summed E-state index contributed by atoms with van der Waals surface area (Å²) in [6, 6.07) is 0. The van der Waals surface area contributed by atoms with Gasteiger partial charge in [-0.15, -0.1) is 0 Å². The van der Waals surface area contributed by atoms with E-state index >= 15 is 0 Å². The van der Waals surface area contributed by atoms with Gasteiger partial charge in [-0.05, 0) is 31.6 Å².